The molecule has 0 saturated carbocycles. The molecule has 2 unspecified atom stereocenters. The van der Waals surface area contributed by atoms with Crippen LogP contribution in [0.3, 0.4) is 0 Å². The first kappa shape index (κ1) is 18.6. The van der Waals surface area contributed by atoms with E-state index in [4.69, 9.17) is 4.74 Å². The Morgan fingerprint density at radius 1 is 1.30 bits per heavy atom. The van der Waals surface area contributed by atoms with Crippen LogP contribution in [0.5, 0.6) is 5.75 Å². The van der Waals surface area contributed by atoms with Gasteiger partial charge >= 0.3 is 11.7 Å². The lowest BCUT2D eigenvalue weighted by molar-refractivity contribution is -0.384. The van der Waals surface area contributed by atoms with Gasteiger partial charge in [-0.15, -0.1) is 0 Å². The van der Waals surface area contributed by atoms with Crippen molar-refractivity contribution in [3.8, 4) is 5.75 Å². The van der Waals surface area contributed by atoms with E-state index < -0.39 is 10.9 Å². The molecule has 3 rings (SSSR count). The van der Waals surface area contributed by atoms with E-state index in [-0.39, 0.29) is 29.0 Å². The lowest BCUT2D eigenvalue weighted by atomic mass is 9.97. The molecule has 1 aromatic heterocycles. The summed E-state index contributed by atoms with van der Waals surface area (Å²) < 4.78 is 9.82. The van der Waals surface area contributed by atoms with Crippen LogP contribution in [0.4, 0.5) is 11.5 Å². The Labute approximate surface area is 156 Å². The summed E-state index contributed by atoms with van der Waals surface area (Å²) >= 11 is 0. The van der Waals surface area contributed by atoms with Crippen LogP contribution in [0.15, 0.2) is 36.5 Å². The van der Waals surface area contributed by atoms with Crippen molar-refractivity contribution in [3.05, 3.63) is 57.8 Å². The van der Waals surface area contributed by atoms with E-state index in [0.29, 0.717) is 6.54 Å². The molecule has 2 heterocycles. The number of pyridine rings is 1. The monoisotopic (exact) mass is 371 g/mol. The Balaban J connectivity index is 1.89. The van der Waals surface area contributed by atoms with E-state index in [1.807, 2.05) is 36.1 Å². The molecule has 0 N–H and O–H groups in total. The topological polar surface area (TPSA) is 94.8 Å². The van der Waals surface area contributed by atoms with Gasteiger partial charge in [-0.25, -0.2) is 9.78 Å². The Kier molecular flexibility index (Phi) is 5.25. The van der Waals surface area contributed by atoms with Gasteiger partial charge in [0.1, 0.15) is 5.75 Å². The SMILES string of the molecule is COC(=O)c1cnc(N2CC(c3ccc(OC)cc3)CC2C)c([N+](=O)[O-])c1. The van der Waals surface area contributed by atoms with Gasteiger partial charge < -0.3 is 14.4 Å². The molecule has 1 aliphatic heterocycles. The largest absolute Gasteiger partial charge is 0.497 e. The summed E-state index contributed by atoms with van der Waals surface area (Å²) in [6.07, 6.45) is 2.17. The number of anilines is 1. The predicted molar refractivity (Wildman–Crippen MR) is 99.4 cm³/mol. The third-order valence-corrected chi connectivity index (χ3v) is 4.90. The first-order valence-electron chi connectivity index (χ1n) is 8.58. The number of rotatable bonds is 5. The van der Waals surface area contributed by atoms with Crippen molar-refractivity contribution in [2.45, 2.75) is 25.3 Å². The minimum Gasteiger partial charge on any atom is -0.497 e. The molecule has 8 nitrogen and oxygen atoms in total. The van der Waals surface area contributed by atoms with E-state index >= 15 is 0 Å². The number of nitro groups is 1. The molecular formula is C19H21N3O5. The zero-order valence-electron chi connectivity index (χ0n) is 15.4. The van der Waals surface area contributed by atoms with Gasteiger partial charge in [-0.05, 0) is 31.0 Å². The molecule has 1 aliphatic rings. The fraction of sp³-hybridized carbons (Fsp3) is 0.368. The highest BCUT2D eigenvalue weighted by atomic mass is 16.6. The first-order valence-corrected chi connectivity index (χ1v) is 8.58. The van der Waals surface area contributed by atoms with Crippen molar-refractivity contribution in [1.82, 2.24) is 4.98 Å². The molecule has 1 fully saturated rings. The van der Waals surface area contributed by atoms with Crippen molar-refractivity contribution < 1.29 is 19.2 Å². The molecular weight excluding hydrogens is 350 g/mol. The number of aromatic nitrogens is 1. The lowest BCUT2D eigenvalue weighted by Crippen LogP contribution is -2.28. The normalized spacial score (nSPS) is 19.0. The Hall–Kier alpha value is -3.16. The molecule has 0 aliphatic carbocycles. The second kappa shape index (κ2) is 7.61. The summed E-state index contributed by atoms with van der Waals surface area (Å²) in [6, 6.07) is 9.15. The zero-order valence-corrected chi connectivity index (χ0v) is 15.4. The molecule has 0 amide bonds. The van der Waals surface area contributed by atoms with Crippen molar-refractivity contribution in [2.24, 2.45) is 0 Å². The Bertz CT molecular complexity index is 853. The highest BCUT2D eigenvalue weighted by Gasteiger charge is 2.35. The number of carbonyl (C=O) groups is 1. The summed E-state index contributed by atoms with van der Waals surface area (Å²) in [5, 5.41) is 11.5. The highest BCUT2D eigenvalue weighted by Crippen LogP contribution is 2.38. The number of hydrogen-bond acceptors (Lipinski definition) is 7. The third-order valence-electron chi connectivity index (χ3n) is 4.90. The van der Waals surface area contributed by atoms with E-state index in [2.05, 4.69) is 9.72 Å². The van der Waals surface area contributed by atoms with Crippen molar-refractivity contribution in [1.29, 1.82) is 0 Å². The van der Waals surface area contributed by atoms with Crippen molar-refractivity contribution >= 4 is 17.5 Å². The molecule has 0 spiro atoms. The predicted octanol–water partition coefficient (Wildman–Crippen LogP) is 3.17. The molecule has 0 bridgehead atoms. The molecule has 2 atom stereocenters. The molecule has 2 aromatic rings. The Morgan fingerprint density at radius 2 is 2.00 bits per heavy atom. The molecule has 8 heteroatoms. The number of carbonyl (C=O) groups excluding carboxylic acids is 1. The van der Waals surface area contributed by atoms with Gasteiger partial charge in [0.05, 0.1) is 24.7 Å². The summed E-state index contributed by atoms with van der Waals surface area (Å²) in [5.41, 5.74) is 1.02. The standard InChI is InChI=1S/C19H21N3O5/c1-12-8-15(13-4-6-16(26-2)7-5-13)11-21(12)18-17(22(24)25)9-14(10-20-18)19(23)27-3/h4-7,9-10,12,15H,8,11H2,1-3H3. The van der Waals surface area contributed by atoms with Crippen molar-refractivity contribution in [3.63, 3.8) is 0 Å². The summed E-state index contributed by atoms with van der Waals surface area (Å²) in [6.45, 7) is 2.63. The number of nitrogens with zero attached hydrogens (tertiary/aromatic N) is 3. The first-order chi connectivity index (χ1) is 12.9. The number of ether oxygens (including phenoxy) is 2. The lowest BCUT2D eigenvalue weighted by Gasteiger charge is -2.22. The maximum Gasteiger partial charge on any atom is 0.339 e. The average Bonchev–Trinajstić information content (AvgIpc) is 3.08. The van der Waals surface area contributed by atoms with Crippen LogP contribution in [0.1, 0.15) is 35.2 Å². The molecule has 142 valence electrons. The van der Waals surface area contributed by atoms with Gasteiger partial charge in [0, 0.05) is 30.8 Å². The second-order valence-corrected chi connectivity index (χ2v) is 6.52. The summed E-state index contributed by atoms with van der Waals surface area (Å²) in [4.78, 5) is 28.8. The van der Waals surface area contributed by atoms with Gasteiger partial charge in [0.2, 0.25) is 5.82 Å². The summed E-state index contributed by atoms with van der Waals surface area (Å²) in [7, 11) is 2.85. The minimum absolute atomic E-state index is 0.0616. The average molecular weight is 371 g/mol. The van der Waals surface area contributed by atoms with Crippen LogP contribution in [0.2, 0.25) is 0 Å². The number of esters is 1. The quantitative estimate of drug-likeness (QED) is 0.452. The van der Waals surface area contributed by atoms with Crippen LogP contribution in [-0.4, -0.2) is 42.7 Å². The number of hydrogen-bond donors (Lipinski definition) is 0. The van der Waals surface area contributed by atoms with E-state index in [1.54, 1.807) is 7.11 Å². The molecule has 1 aromatic carbocycles. The smallest absolute Gasteiger partial charge is 0.339 e. The fourth-order valence-electron chi connectivity index (χ4n) is 3.47. The van der Waals surface area contributed by atoms with Crippen LogP contribution < -0.4 is 9.64 Å². The van der Waals surface area contributed by atoms with E-state index in [9.17, 15) is 14.9 Å². The maximum atomic E-state index is 11.7. The minimum atomic E-state index is -0.650. The van der Waals surface area contributed by atoms with Crippen LogP contribution >= 0.6 is 0 Å². The molecule has 0 radical (unpaired) electrons. The summed E-state index contributed by atoms with van der Waals surface area (Å²) in [5.74, 6) is 0.642. The number of benzene rings is 1. The maximum absolute atomic E-state index is 11.7. The number of methoxy groups -OCH3 is 2. The van der Waals surface area contributed by atoms with E-state index in [0.717, 1.165) is 17.7 Å². The highest BCUT2D eigenvalue weighted by molar-refractivity contribution is 5.90. The second-order valence-electron chi connectivity index (χ2n) is 6.52. The molecule has 1 saturated heterocycles. The van der Waals surface area contributed by atoms with Crippen LogP contribution in [-0.2, 0) is 4.74 Å². The van der Waals surface area contributed by atoms with Crippen LogP contribution in [0, 0.1) is 10.1 Å². The Morgan fingerprint density at radius 3 is 2.59 bits per heavy atom. The van der Waals surface area contributed by atoms with E-state index in [1.165, 1.54) is 19.4 Å². The van der Waals surface area contributed by atoms with Gasteiger partial charge in [-0.3, -0.25) is 10.1 Å². The van der Waals surface area contributed by atoms with Crippen molar-refractivity contribution in [2.75, 3.05) is 25.7 Å². The van der Waals surface area contributed by atoms with Gasteiger partial charge in [0.25, 0.3) is 0 Å². The van der Waals surface area contributed by atoms with Crippen LogP contribution in [0.25, 0.3) is 0 Å². The van der Waals surface area contributed by atoms with Gasteiger partial charge in [0.15, 0.2) is 0 Å². The fourth-order valence-corrected chi connectivity index (χ4v) is 3.47. The van der Waals surface area contributed by atoms with Gasteiger partial charge in [-0.1, -0.05) is 12.1 Å². The zero-order chi connectivity index (χ0) is 19.6. The third kappa shape index (κ3) is 3.69. The molecule has 27 heavy (non-hydrogen) atoms. The van der Waals surface area contributed by atoms with Gasteiger partial charge in [-0.2, -0.15) is 0 Å².